The minimum Gasteiger partial charge on any atom is -0.450 e. The van der Waals surface area contributed by atoms with Gasteiger partial charge in [0.1, 0.15) is 0 Å². The van der Waals surface area contributed by atoms with Crippen LogP contribution in [0.5, 0.6) is 0 Å². The predicted molar refractivity (Wildman–Crippen MR) is 103 cm³/mol. The number of aliphatic hydroxyl groups is 1. The van der Waals surface area contributed by atoms with Gasteiger partial charge in [-0.3, -0.25) is 4.90 Å². The van der Waals surface area contributed by atoms with Gasteiger partial charge in [-0.15, -0.1) is 0 Å². The van der Waals surface area contributed by atoms with Gasteiger partial charge in [0.25, 0.3) is 0 Å². The Morgan fingerprint density at radius 3 is 2.81 bits per heavy atom. The molecule has 142 valence electrons. The number of hydrogen-bond acceptors (Lipinski definition) is 4. The highest BCUT2D eigenvalue weighted by molar-refractivity contribution is 5.81. The molecule has 4 nitrogen and oxygen atoms in total. The molecule has 0 heterocycles. The minimum atomic E-state index is -5.00. The summed E-state index contributed by atoms with van der Waals surface area (Å²) in [6, 6.07) is -7.93. The molecule has 0 amide bonds. The second-order valence-electron chi connectivity index (χ2n) is 4.09. The van der Waals surface area contributed by atoms with Crippen molar-refractivity contribution >= 4 is 5.97 Å². The summed E-state index contributed by atoms with van der Waals surface area (Å²) in [6.45, 7) is -25.4. The monoisotopic (exact) mass is 388 g/mol. The molecule has 1 fully saturated rings. The summed E-state index contributed by atoms with van der Waals surface area (Å²) in [4.78, 5) is 13.3. The van der Waals surface area contributed by atoms with Crippen LogP contribution < -0.4 is 0 Å². The predicted octanol–water partition coefficient (Wildman–Crippen LogP) is 3.34. The maximum atomic E-state index is 14.4. The van der Waals surface area contributed by atoms with Crippen molar-refractivity contribution < 1.29 is 55.8 Å². The van der Waals surface area contributed by atoms with Crippen LogP contribution in [-0.2, 0) is 15.1 Å². The molecule has 1 atom stereocenters. The Kier molecular flexibility index (Phi) is 1.64. The lowest BCUT2D eigenvalue weighted by molar-refractivity contribution is -0.174. The maximum absolute atomic E-state index is 14.4. The van der Waals surface area contributed by atoms with Gasteiger partial charge in [-0.1, -0.05) is 74.9 Å². The number of nitrogens with zero attached hydrogens (tertiary/aromatic N) is 1. The first-order valence-electron chi connectivity index (χ1n) is 21.9. The molecule has 1 aromatic rings. The normalized spacial score (nSPS) is 48.7. The molecule has 26 heavy (non-hydrogen) atoms. The van der Waals surface area contributed by atoms with E-state index in [1.807, 2.05) is 0 Å². The molecule has 2 rings (SSSR count). The summed E-state index contributed by atoms with van der Waals surface area (Å²) in [6.07, 6.45) is -23.0. The quantitative estimate of drug-likeness (QED) is 0.548. The fourth-order valence-electron chi connectivity index (χ4n) is 1.52. The first kappa shape index (κ1) is 4.11. The number of carbonyl (C=O) groups excluding carboxylic acids is 1. The number of rotatable bonds is 8. The lowest BCUT2D eigenvalue weighted by Gasteiger charge is -2.36. The largest absolute Gasteiger partial charge is 0.450 e. The molecule has 0 saturated heterocycles. The van der Waals surface area contributed by atoms with Gasteiger partial charge in [0.2, 0.25) is 1.43 Å². The van der Waals surface area contributed by atoms with E-state index in [4.69, 9.17) is 41.2 Å². The zero-order valence-electron chi connectivity index (χ0n) is 43.7. The van der Waals surface area contributed by atoms with E-state index in [1.165, 1.54) is 0 Å². The number of benzene rings is 1. The van der Waals surface area contributed by atoms with E-state index in [0.717, 1.165) is 11.8 Å². The molecule has 4 heteroatoms. The summed E-state index contributed by atoms with van der Waals surface area (Å²) in [5, 5.41) is 4.32. The molecule has 1 unspecified atom stereocenters. The van der Waals surface area contributed by atoms with Gasteiger partial charge in [-0.25, -0.2) is 4.79 Å². The van der Waals surface area contributed by atoms with Crippen molar-refractivity contribution in [1.82, 2.24) is 4.90 Å². The standard InChI is InChI=1S/C22H31NO3/c1-3-23(4-2)17-11-12-18-26-21(24)22(25,19-13-7-5-8-14-19)20-15-9-6-10-16-20/h5,7-8,13-14,20,25H,3-4,6,9-10,15-18H2,1-2H3/i1D3,2D3,3D2,4D2,5D,6D2,7D,8D,9D2,10D2,13D,14D,15D2,16D2,17D2,18D2,20D,25D. The van der Waals surface area contributed by atoms with E-state index in [0.29, 0.717) is 0 Å². The van der Waals surface area contributed by atoms with Crippen molar-refractivity contribution in [1.29, 1.82) is 1.43 Å². The first-order chi connectivity index (χ1) is 24.7. The zero-order chi connectivity index (χ0) is 45.9. The van der Waals surface area contributed by atoms with Crippen LogP contribution in [0.25, 0.3) is 0 Å². The van der Waals surface area contributed by atoms with E-state index in [2.05, 4.69) is 9.85 Å². The van der Waals surface area contributed by atoms with Crippen molar-refractivity contribution in [2.75, 3.05) is 26.0 Å². The molecular formula is C22H31NO3. The van der Waals surface area contributed by atoms with E-state index in [-0.39, 0.29) is 0 Å². The summed E-state index contributed by atoms with van der Waals surface area (Å²) < 4.78 is 255. The van der Waals surface area contributed by atoms with Crippen molar-refractivity contribution in [3.8, 4) is 11.8 Å². The van der Waals surface area contributed by atoms with Crippen LogP contribution in [0, 0.1) is 17.7 Å². The van der Waals surface area contributed by atoms with E-state index >= 15 is 0 Å². The van der Waals surface area contributed by atoms with Crippen LogP contribution in [-0.4, -0.2) is 43.5 Å². The highest BCUT2D eigenvalue weighted by atomic mass is 16.5. The van der Waals surface area contributed by atoms with Crippen molar-refractivity contribution in [3.05, 3.63) is 35.8 Å². The Hall–Kier alpha value is -1.83. The van der Waals surface area contributed by atoms with E-state index in [9.17, 15) is 6.17 Å². The smallest absolute Gasteiger partial charge is 0.344 e. The average molecular weight is 389 g/mol. The lowest BCUT2D eigenvalue weighted by atomic mass is 9.73. The second kappa shape index (κ2) is 10.4. The Morgan fingerprint density at radius 1 is 1.42 bits per heavy atom. The number of carbonyl (C=O) groups is 1. The van der Waals surface area contributed by atoms with Crippen molar-refractivity contribution in [3.63, 3.8) is 0 Å². The van der Waals surface area contributed by atoms with Gasteiger partial charge in [0.15, 0.2) is 12.2 Å². The van der Waals surface area contributed by atoms with Crippen LogP contribution in [0.4, 0.5) is 0 Å². The Labute approximate surface area is 201 Å². The van der Waals surface area contributed by atoms with Gasteiger partial charge < -0.3 is 9.85 Å². The third kappa shape index (κ3) is 5.09. The minimum absolute atomic E-state index is 1.07. The van der Waals surface area contributed by atoms with Crippen LogP contribution in [0.15, 0.2) is 30.2 Å². The van der Waals surface area contributed by atoms with Crippen molar-refractivity contribution in [2.24, 2.45) is 5.89 Å². The van der Waals surface area contributed by atoms with Gasteiger partial charge in [-0.2, -0.15) is 0 Å². The fraction of sp³-hybridized carbons (Fsp3) is 0.591. The molecule has 0 radical (unpaired) electrons. The second-order valence-corrected chi connectivity index (χ2v) is 4.09. The van der Waals surface area contributed by atoms with Gasteiger partial charge >= 0.3 is 5.97 Å². The summed E-state index contributed by atoms with van der Waals surface area (Å²) in [5.74, 6) is -5.72. The summed E-state index contributed by atoms with van der Waals surface area (Å²) in [7, 11) is 0. The van der Waals surface area contributed by atoms with Crippen molar-refractivity contribution in [2.45, 2.75) is 51.2 Å². The summed E-state index contributed by atoms with van der Waals surface area (Å²) in [5.41, 5.74) is -6.88. The molecule has 1 aliphatic carbocycles. The Morgan fingerprint density at radius 2 is 2.15 bits per heavy atom. The number of hydrogen-bond donors (Lipinski definition) is 1. The third-order valence-corrected chi connectivity index (χ3v) is 2.64. The Balaban J connectivity index is 3.22. The molecule has 1 aromatic carbocycles. The van der Waals surface area contributed by atoms with Crippen LogP contribution in [0.1, 0.15) is 92.3 Å². The van der Waals surface area contributed by atoms with Crippen LogP contribution in [0.3, 0.4) is 0 Å². The lowest BCUT2D eigenvalue weighted by Crippen LogP contribution is -2.45. The number of esters is 1. The average Bonchev–Trinajstić information content (AvgIpc) is 3.01. The van der Waals surface area contributed by atoms with Gasteiger partial charge in [0.05, 0.1) is 18.8 Å². The topological polar surface area (TPSA) is 49.8 Å². The van der Waals surface area contributed by atoms with E-state index in [1.54, 1.807) is 0 Å². The molecule has 0 aromatic heterocycles. The fourth-order valence-corrected chi connectivity index (χ4v) is 1.52. The third-order valence-electron chi connectivity index (χ3n) is 2.64. The van der Waals surface area contributed by atoms with Gasteiger partial charge in [0, 0.05) is 34.7 Å². The first-order valence-corrected chi connectivity index (χ1v) is 6.49. The van der Waals surface area contributed by atoms with Crippen LogP contribution in [0.2, 0.25) is 0 Å². The molecule has 1 aliphatic rings. The summed E-state index contributed by atoms with van der Waals surface area (Å²) >= 11 is 0. The zero-order valence-corrected chi connectivity index (χ0v) is 12.7. The molecule has 1 saturated carbocycles. The van der Waals surface area contributed by atoms with Gasteiger partial charge in [-0.05, 0) is 31.3 Å². The molecule has 1 N–H and O–H groups in total. The molecule has 0 aliphatic heterocycles. The maximum Gasteiger partial charge on any atom is 0.344 e. The highest BCUT2D eigenvalue weighted by Gasteiger charge is 2.46. The van der Waals surface area contributed by atoms with E-state index < -0.39 is 130 Å². The molecule has 0 spiro atoms. The molecule has 0 bridgehead atoms. The molecular weight excluding hydrogens is 326 g/mol. The highest BCUT2D eigenvalue weighted by Crippen LogP contribution is 2.40. The Bertz CT molecular complexity index is 1750. The SMILES string of the molecule is [2H]OC(C(=O)OC([2H])([2H])C#CC([2H])([2H])N(C([2H])([2H])C([2H])([2H])[2H])C([2H])([2H])C([2H])([2H])[2H])(c1c([2H])c([2H])c([2H])c([2H])c1[2H])C1([2H])C([2H])([2H])C([2H])([2H])C([2H])([2H])C([2H])([2H])C1([2H])[2H]. The van der Waals surface area contributed by atoms with Crippen LogP contribution >= 0.6 is 0 Å². The number of ether oxygens (including phenoxy) is 1.